The van der Waals surface area contributed by atoms with Crippen LogP contribution in [0.5, 0.6) is 0 Å². The number of carbonyl (C=O) groups excluding carboxylic acids is 2. The summed E-state index contributed by atoms with van der Waals surface area (Å²) in [7, 11) is -3.58. The number of sulfonamides is 1. The molecule has 0 radical (unpaired) electrons. The Morgan fingerprint density at radius 1 is 1.09 bits per heavy atom. The number of nitrogens with zero attached hydrogens (tertiary/aromatic N) is 2. The van der Waals surface area contributed by atoms with Crippen LogP contribution in [-0.4, -0.2) is 48.7 Å². The van der Waals surface area contributed by atoms with Crippen molar-refractivity contribution >= 4 is 33.3 Å². The minimum absolute atomic E-state index is 0.0424. The van der Waals surface area contributed by atoms with Gasteiger partial charge in [-0.25, -0.2) is 13.2 Å². The standard InChI is InChI=1S/C22H25N3O7S/c1-15-6-7-17(14-20(15)25(28)29)22(27)32-16(2)21(26)23-18-8-10-19(11-9-18)33(30,31)24-12-4-3-5-13-24/h6-11,14,16H,3-5,12-13H2,1-2H3,(H,23,26). The first-order valence-electron chi connectivity index (χ1n) is 10.5. The lowest BCUT2D eigenvalue weighted by Gasteiger charge is -2.25. The van der Waals surface area contributed by atoms with Crippen molar-refractivity contribution in [3.63, 3.8) is 0 Å². The van der Waals surface area contributed by atoms with E-state index in [1.54, 1.807) is 6.92 Å². The lowest BCUT2D eigenvalue weighted by molar-refractivity contribution is -0.385. The molecular weight excluding hydrogens is 450 g/mol. The molecule has 1 heterocycles. The molecule has 0 saturated carbocycles. The third kappa shape index (κ3) is 5.74. The molecule has 2 aromatic rings. The Hall–Kier alpha value is -3.31. The molecule has 1 amide bonds. The maximum atomic E-state index is 12.7. The second-order valence-corrected chi connectivity index (χ2v) is 9.72. The summed E-state index contributed by atoms with van der Waals surface area (Å²) in [5, 5.41) is 13.6. The summed E-state index contributed by atoms with van der Waals surface area (Å²) in [5.74, 6) is -1.50. The third-order valence-corrected chi connectivity index (χ3v) is 7.28. The second-order valence-electron chi connectivity index (χ2n) is 7.78. The lowest BCUT2D eigenvalue weighted by atomic mass is 10.1. The van der Waals surface area contributed by atoms with Gasteiger partial charge in [0.05, 0.1) is 15.4 Å². The summed E-state index contributed by atoms with van der Waals surface area (Å²) in [6.45, 7) is 3.90. The Balaban J connectivity index is 1.62. The van der Waals surface area contributed by atoms with Gasteiger partial charge in [-0.2, -0.15) is 4.31 Å². The molecule has 3 rings (SSSR count). The van der Waals surface area contributed by atoms with Crippen LogP contribution in [0, 0.1) is 17.0 Å². The van der Waals surface area contributed by atoms with Crippen molar-refractivity contribution in [2.45, 2.75) is 44.1 Å². The predicted molar refractivity (Wildman–Crippen MR) is 120 cm³/mol. The van der Waals surface area contributed by atoms with E-state index in [2.05, 4.69) is 5.32 Å². The Bertz CT molecular complexity index is 1160. The van der Waals surface area contributed by atoms with Gasteiger partial charge in [0.2, 0.25) is 10.0 Å². The van der Waals surface area contributed by atoms with E-state index in [9.17, 15) is 28.1 Å². The smallest absolute Gasteiger partial charge is 0.339 e. The van der Waals surface area contributed by atoms with E-state index in [-0.39, 0.29) is 16.1 Å². The topological polar surface area (TPSA) is 136 Å². The fraction of sp³-hybridized carbons (Fsp3) is 0.364. The summed E-state index contributed by atoms with van der Waals surface area (Å²) >= 11 is 0. The van der Waals surface area contributed by atoms with Crippen molar-refractivity contribution in [1.29, 1.82) is 0 Å². The molecule has 176 valence electrons. The number of aryl methyl sites for hydroxylation is 1. The quantitative estimate of drug-likeness (QED) is 0.369. The zero-order valence-corrected chi connectivity index (χ0v) is 19.1. The van der Waals surface area contributed by atoms with Crippen LogP contribution >= 0.6 is 0 Å². The molecule has 1 saturated heterocycles. The van der Waals surface area contributed by atoms with E-state index in [1.165, 1.54) is 47.6 Å². The Labute approximate surface area is 191 Å². The molecule has 2 aromatic carbocycles. The molecular formula is C22H25N3O7S. The molecule has 0 spiro atoms. The van der Waals surface area contributed by atoms with E-state index in [0.717, 1.165) is 25.3 Å². The van der Waals surface area contributed by atoms with E-state index in [1.807, 2.05) is 0 Å². The van der Waals surface area contributed by atoms with Crippen molar-refractivity contribution < 1.29 is 27.7 Å². The first-order valence-corrected chi connectivity index (χ1v) is 11.9. The number of ether oxygens (including phenoxy) is 1. The average molecular weight is 476 g/mol. The van der Waals surface area contributed by atoms with Crippen LogP contribution in [0.25, 0.3) is 0 Å². The number of rotatable bonds is 7. The van der Waals surface area contributed by atoms with Crippen molar-refractivity contribution in [2.24, 2.45) is 0 Å². The van der Waals surface area contributed by atoms with Crippen LogP contribution < -0.4 is 5.32 Å². The number of piperidine rings is 1. The monoisotopic (exact) mass is 475 g/mol. The number of nitro groups is 1. The van der Waals surface area contributed by atoms with Gasteiger partial charge in [-0.15, -0.1) is 0 Å². The summed E-state index contributed by atoms with van der Waals surface area (Å²) in [6, 6.07) is 9.68. The predicted octanol–water partition coefficient (Wildman–Crippen LogP) is 3.26. The second kappa shape index (κ2) is 10.1. The van der Waals surface area contributed by atoms with E-state index < -0.39 is 32.9 Å². The highest BCUT2D eigenvalue weighted by Gasteiger charge is 2.26. The van der Waals surface area contributed by atoms with Crippen LogP contribution in [-0.2, 0) is 19.6 Å². The van der Waals surface area contributed by atoms with Crippen LogP contribution in [0.3, 0.4) is 0 Å². The summed E-state index contributed by atoms with van der Waals surface area (Å²) in [5.41, 5.74) is 0.472. The van der Waals surface area contributed by atoms with Crippen molar-refractivity contribution in [1.82, 2.24) is 4.31 Å². The van der Waals surface area contributed by atoms with Gasteiger partial charge in [0.1, 0.15) is 0 Å². The highest BCUT2D eigenvalue weighted by atomic mass is 32.2. The molecule has 11 heteroatoms. The van der Waals surface area contributed by atoms with Crippen LogP contribution in [0.2, 0.25) is 0 Å². The van der Waals surface area contributed by atoms with Gasteiger partial charge < -0.3 is 10.1 Å². The van der Waals surface area contributed by atoms with Gasteiger partial charge in [0.25, 0.3) is 11.6 Å². The van der Waals surface area contributed by atoms with E-state index >= 15 is 0 Å². The average Bonchev–Trinajstić information content (AvgIpc) is 2.80. The number of amides is 1. The van der Waals surface area contributed by atoms with Gasteiger partial charge in [0, 0.05) is 30.4 Å². The number of hydrogen-bond donors (Lipinski definition) is 1. The molecule has 1 atom stereocenters. The largest absolute Gasteiger partial charge is 0.449 e. The maximum absolute atomic E-state index is 12.7. The Kier molecular flexibility index (Phi) is 7.44. The molecule has 1 unspecified atom stereocenters. The SMILES string of the molecule is Cc1ccc(C(=O)OC(C)C(=O)Nc2ccc(S(=O)(=O)N3CCCCC3)cc2)cc1[N+](=O)[O-]. The van der Waals surface area contributed by atoms with E-state index in [0.29, 0.717) is 24.3 Å². The highest BCUT2D eigenvalue weighted by Crippen LogP contribution is 2.23. The lowest BCUT2D eigenvalue weighted by Crippen LogP contribution is -2.35. The van der Waals surface area contributed by atoms with Crippen molar-refractivity contribution in [2.75, 3.05) is 18.4 Å². The Morgan fingerprint density at radius 2 is 1.73 bits per heavy atom. The first kappa shape index (κ1) is 24.3. The number of hydrogen-bond acceptors (Lipinski definition) is 7. The molecule has 0 aliphatic carbocycles. The minimum Gasteiger partial charge on any atom is -0.449 e. The molecule has 1 aliphatic rings. The summed E-state index contributed by atoms with van der Waals surface area (Å²) < 4.78 is 32.0. The summed E-state index contributed by atoms with van der Waals surface area (Å²) in [6.07, 6.45) is 1.50. The fourth-order valence-electron chi connectivity index (χ4n) is 3.42. The molecule has 1 aliphatic heterocycles. The van der Waals surface area contributed by atoms with Gasteiger partial charge in [-0.05, 0) is 57.0 Å². The van der Waals surface area contributed by atoms with Gasteiger partial charge in [-0.3, -0.25) is 14.9 Å². The first-order chi connectivity index (χ1) is 15.6. The number of carbonyl (C=O) groups is 2. The highest BCUT2D eigenvalue weighted by molar-refractivity contribution is 7.89. The Morgan fingerprint density at radius 3 is 2.33 bits per heavy atom. The van der Waals surface area contributed by atoms with E-state index in [4.69, 9.17) is 4.74 Å². The van der Waals surface area contributed by atoms with Gasteiger partial charge in [-0.1, -0.05) is 12.5 Å². The number of benzene rings is 2. The number of nitrogens with one attached hydrogen (secondary N) is 1. The molecule has 0 aromatic heterocycles. The fourth-order valence-corrected chi connectivity index (χ4v) is 4.94. The summed E-state index contributed by atoms with van der Waals surface area (Å²) in [4.78, 5) is 35.3. The normalized spacial score (nSPS) is 15.5. The van der Waals surface area contributed by atoms with Gasteiger partial charge >= 0.3 is 5.97 Å². The molecule has 1 fully saturated rings. The van der Waals surface area contributed by atoms with Crippen LogP contribution in [0.4, 0.5) is 11.4 Å². The maximum Gasteiger partial charge on any atom is 0.339 e. The number of nitro benzene ring substituents is 1. The van der Waals surface area contributed by atoms with Gasteiger partial charge in [0.15, 0.2) is 6.10 Å². The number of esters is 1. The molecule has 0 bridgehead atoms. The molecule has 1 N–H and O–H groups in total. The van der Waals surface area contributed by atoms with Crippen LogP contribution in [0.15, 0.2) is 47.4 Å². The minimum atomic E-state index is -3.58. The van der Waals surface area contributed by atoms with Crippen molar-refractivity contribution in [3.8, 4) is 0 Å². The zero-order valence-electron chi connectivity index (χ0n) is 18.3. The van der Waals surface area contributed by atoms with Crippen molar-refractivity contribution in [3.05, 3.63) is 63.7 Å². The third-order valence-electron chi connectivity index (χ3n) is 5.37. The molecule has 10 nitrogen and oxygen atoms in total. The van der Waals surface area contributed by atoms with Crippen LogP contribution in [0.1, 0.15) is 42.1 Å². The molecule has 33 heavy (non-hydrogen) atoms. The number of anilines is 1. The zero-order chi connectivity index (χ0) is 24.2.